The maximum absolute atomic E-state index is 11.7. The van der Waals surface area contributed by atoms with Crippen molar-refractivity contribution in [1.29, 1.82) is 0 Å². The maximum Gasteiger partial charge on any atom is 0.236 e. The first-order valence-corrected chi connectivity index (χ1v) is 8.07. The van der Waals surface area contributed by atoms with Crippen molar-refractivity contribution in [1.82, 2.24) is 5.32 Å². The van der Waals surface area contributed by atoms with E-state index in [4.69, 9.17) is 5.73 Å². The molecule has 0 aromatic heterocycles. The first kappa shape index (κ1) is 16.8. The highest BCUT2D eigenvalue weighted by molar-refractivity contribution is 7.98. The molecule has 0 rings (SSSR count). The molecule has 0 saturated heterocycles. The van der Waals surface area contributed by atoms with Crippen molar-refractivity contribution in [2.24, 2.45) is 11.7 Å². The van der Waals surface area contributed by atoms with E-state index in [1.807, 2.05) is 6.26 Å². The van der Waals surface area contributed by atoms with Gasteiger partial charge in [-0.25, -0.2) is 0 Å². The zero-order chi connectivity index (χ0) is 13.1. The van der Waals surface area contributed by atoms with Crippen molar-refractivity contribution in [3.63, 3.8) is 0 Å². The number of nitrogens with two attached hydrogens (primary N) is 1. The Morgan fingerprint density at radius 3 is 2.59 bits per heavy atom. The van der Waals surface area contributed by atoms with Gasteiger partial charge in [-0.05, 0) is 30.8 Å². The average Bonchev–Trinajstić information content (AvgIpc) is 2.35. The molecule has 0 aromatic rings. The number of hydrogen-bond acceptors (Lipinski definition) is 3. The molecule has 3 N–H and O–H groups in total. The van der Waals surface area contributed by atoms with Crippen LogP contribution in [-0.4, -0.2) is 30.5 Å². The largest absolute Gasteiger partial charge is 0.354 e. The molecule has 4 heteroatoms. The van der Waals surface area contributed by atoms with Crippen LogP contribution in [0.4, 0.5) is 0 Å². The van der Waals surface area contributed by atoms with E-state index >= 15 is 0 Å². The minimum absolute atomic E-state index is 0.00833. The van der Waals surface area contributed by atoms with E-state index in [0.717, 1.165) is 25.1 Å². The Bertz CT molecular complexity index is 200. The van der Waals surface area contributed by atoms with Crippen LogP contribution in [0.5, 0.6) is 0 Å². The van der Waals surface area contributed by atoms with Crippen LogP contribution in [0.3, 0.4) is 0 Å². The summed E-state index contributed by atoms with van der Waals surface area (Å²) in [6, 6.07) is -0.342. The van der Waals surface area contributed by atoms with Gasteiger partial charge in [0.25, 0.3) is 0 Å². The van der Waals surface area contributed by atoms with Gasteiger partial charge in [0, 0.05) is 6.54 Å². The Balaban J connectivity index is 3.78. The Kier molecular flexibility index (Phi) is 10.8. The molecule has 0 aliphatic carbocycles. The van der Waals surface area contributed by atoms with Crippen LogP contribution in [0.25, 0.3) is 0 Å². The third kappa shape index (κ3) is 8.50. The lowest BCUT2D eigenvalue weighted by Gasteiger charge is -2.17. The van der Waals surface area contributed by atoms with Crippen LogP contribution < -0.4 is 11.1 Å². The summed E-state index contributed by atoms with van der Waals surface area (Å²) in [5.74, 6) is 1.56. The fourth-order valence-corrected chi connectivity index (χ4v) is 2.18. The van der Waals surface area contributed by atoms with Crippen LogP contribution >= 0.6 is 11.8 Å². The molecule has 0 heterocycles. The lowest BCUT2D eigenvalue weighted by atomic mass is 9.99. The van der Waals surface area contributed by atoms with Crippen molar-refractivity contribution in [3.8, 4) is 0 Å². The standard InChI is InChI=1S/C13H28N2OS/c1-4-6-7-11(5-2)10-15-13(16)12(14)8-9-17-3/h11-12H,4-10,14H2,1-3H3,(H,15,16)/t11?,12-/m0/s1. The second kappa shape index (κ2) is 10.9. The Labute approximate surface area is 110 Å². The molecule has 1 amide bonds. The first-order chi connectivity index (χ1) is 8.15. The predicted molar refractivity (Wildman–Crippen MR) is 77.3 cm³/mol. The van der Waals surface area contributed by atoms with E-state index in [-0.39, 0.29) is 11.9 Å². The number of carbonyl (C=O) groups is 1. The molecule has 0 radical (unpaired) electrons. The summed E-state index contributed by atoms with van der Waals surface area (Å²) < 4.78 is 0. The van der Waals surface area contributed by atoms with Gasteiger partial charge in [-0.3, -0.25) is 4.79 Å². The molecule has 102 valence electrons. The third-order valence-electron chi connectivity index (χ3n) is 3.08. The second-order valence-electron chi connectivity index (χ2n) is 4.55. The molecule has 0 aliphatic rings. The van der Waals surface area contributed by atoms with Gasteiger partial charge in [0.2, 0.25) is 5.91 Å². The zero-order valence-corrected chi connectivity index (χ0v) is 12.3. The summed E-state index contributed by atoms with van der Waals surface area (Å²) in [5, 5.41) is 2.98. The van der Waals surface area contributed by atoms with Gasteiger partial charge in [-0.15, -0.1) is 0 Å². The maximum atomic E-state index is 11.7. The van der Waals surface area contributed by atoms with Crippen molar-refractivity contribution in [3.05, 3.63) is 0 Å². The number of thioether (sulfide) groups is 1. The van der Waals surface area contributed by atoms with Gasteiger partial charge in [-0.1, -0.05) is 33.1 Å². The molecule has 0 aliphatic heterocycles. The summed E-state index contributed by atoms with van der Waals surface area (Å²) in [4.78, 5) is 11.7. The summed E-state index contributed by atoms with van der Waals surface area (Å²) in [7, 11) is 0. The van der Waals surface area contributed by atoms with Gasteiger partial charge in [0.05, 0.1) is 6.04 Å². The van der Waals surface area contributed by atoms with Gasteiger partial charge in [0.15, 0.2) is 0 Å². The van der Waals surface area contributed by atoms with Crippen molar-refractivity contribution in [2.75, 3.05) is 18.6 Å². The van der Waals surface area contributed by atoms with E-state index in [9.17, 15) is 4.79 Å². The second-order valence-corrected chi connectivity index (χ2v) is 5.54. The first-order valence-electron chi connectivity index (χ1n) is 6.67. The number of rotatable bonds is 10. The molecule has 17 heavy (non-hydrogen) atoms. The lowest BCUT2D eigenvalue weighted by molar-refractivity contribution is -0.122. The smallest absolute Gasteiger partial charge is 0.236 e. The molecule has 1 unspecified atom stereocenters. The van der Waals surface area contributed by atoms with Gasteiger partial charge in [-0.2, -0.15) is 11.8 Å². The SMILES string of the molecule is CCCCC(CC)CNC(=O)[C@@H](N)CCSC. The highest BCUT2D eigenvalue weighted by atomic mass is 32.2. The number of hydrogen-bond donors (Lipinski definition) is 2. The third-order valence-corrected chi connectivity index (χ3v) is 3.72. The predicted octanol–water partition coefficient (Wildman–Crippen LogP) is 2.40. The summed E-state index contributed by atoms with van der Waals surface area (Å²) in [6.07, 6.45) is 7.58. The number of nitrogens with one attached hydrogen (secondary N) is 1. The summed E-state index contributed by atoms with van der Waals surface area (Å²) in [5.41, 5.74) is 5.81. The molecular formula is C13H28N2OS. The Morgan fingerprint density at radius 2 is 2.06 bits per heavy atom. The van der Waals surface area contributed by atoms with Crippen molar-refractivity contribution >= 4 is 17.7 Å². The van der Waals surface area contributed by atoms with Gasteiger partial charge >= 0.3 is 0 Å². The fraction of sp³-hybridized carbons (Fsp3) is 0.923. The van der Waals surface area contributed by atoms with Crippen LogP contribution in [0, 0.1) is 5.92 Å². The van der Waals surface area contributed by atoms with Crippen LogP contribution in [0.2, 0.25) is 0 Å². The van der Waals surface area contributed by atoms with E-state index in [1.54, 1.807) is 11.8 Å². The molecule has 2 atom stereocenters. The zero-order valence-electron chi connectivity index (χ0n) is 11.5. The molecule has 0 fully saturated rings. The van der Waals surface area contributed by atoms with E-state index in [1.165, 1.54) is 19.3 Å². The van der Waals surface area contributed by atoms with E-state index in [0.29, 0.717) is 5.92 Å². The van der Waals surface area contributed by atoms with Crippen molar-refractivity contribution < 1.29 is 4.79 Å². The Hall–Kier alpha value is -0.220. The van der Waals surface area contributed by atoms with Crippen LogP contribution in [-0.2, 0) is 4.79 Å². The van der Waals surface area contributed by atoms with Crippen LogP contribution in [0.1, 0.15) is 46.0 Å². The van der Waals surface area contributed by atoms with E-state index < -0.39 is 0 Å². The summed E-state index contributed by atoms with van der Waals surface area (Å²) in [6.45, 7) is 5.16. The Morgan fingerprint density at radius 1 is 1.35 bits per heavy atom. The molecular weight excluding hydrogens is 232 g/mol. The monoisotopic (exact) mass is 260 g/mol. The molecule has 0 bridgehead atoms. The molecule has 0 aromatic carbocycles. The molecule has 0 saturated carbocycles. The highest BCUT2D eigenvalue weighted by Gasteiger charge is 2.14. The average molecular weight is 260 g/mol. The van der Waals surface area contributed by atoms with E-state index in [2.05, 4.69) is 19.2 Å². The highest BCUT2D eigenvalue weighted by Crippen LogP contribution is 2.11. The number of unbranched alkanes of at least 4 members (excludes halogenated alkanes) is 1. The normalized spacial score (nSPS) is 14.4. The quantitative estimate of drug-likeness (QED) is 0.634. The van der Waals surface area contributed by atoms with Gasteiger partial charge in [0.1, 0.15) is 0 Å². The lowest BCUT2D eigenvalue weighted by Crippen LogP contribution is -2.42. The number of carbonyl (C=O) groups excluding carboxylic acids is 1. The summed E-state index contributed by atoms with van der Waals surface area (Å²) >= 11 is 1.73. The van der Waals surface area contributed by atoms with Crippen molar-refractivity contribution in [2.45, 2.75) is 52.0 Å². The fourth-order valence-electron chi connectivity index (χ4n) is 1.70. The van der Waals surface area contributed by atoms with Gasteiger partial charge < -0.3 is 11.1 Å². The minimum Gasteiger partial charge on any atom is -0.354 e. The topological polar surface area (TPSA) is 55.1 Å². The molecule has 3 nitrogen and oxygen atoms in total. The van der Waals surface area contributed by atoms with Crippen LogP contribution in [0.15, 0.2) is 0 Å². The number of amides is 1. The molecule has 0 spiro atoms. The minimum atomic E-state index is -0.342.